The van der Waals surface area contributed by atoms with Crippen LogP contribution in [0.5, 0.6) is 11.5 Å². The minimum atomic E-state index is -3.90. The second kappa shape index (κ2) is 16.3. The van der Waals surface area contributed by atoms with Crippen LogP contribution in [0.1, 0.15) is 78.6 Å². The number of hydrogen-bond acceptors (Lipinski definition) is 9. The van der Waals surface area contributed by atoms with Crippen molar-refractivity contribution in [3.63, 3.8) is 0 Å². The number of sulfonamides is 1. The number of methoxy groups -OCH3 is 1. The summed E-state index contributed by atoms with van der Waals surface area (Å²) < 4.78 is 40.1. The lowest BCUT2D eigenvalue weighted by Gasteiger charge is -2.33. The molecule has 58 heavy (non-hydrogen) atoms. The number of ether oxygens (including phenoxy) is 2. The van der Waals surface area contributed by atoms with Crippen LogP contribution in [0.2, 0.25) is 0 Å². The Balaban J connectivity index is 1.21. The summed E-state index contributed by atoms with van der Waals surface area (Å²) in [6, 6.07) is 15.9. The van der Waals surface area contributed by atoms with Crippen LogP contribution in [-0.4, -0.2) is 96.5 Å². The normalized spacial score (nSPS) is 23.8. The van der Waals surface area contributed by atoms with Crippen LogP contribution in [0.15, 0.2) is 67.3 Å². The van der Waals surface area contributed by atoms with E-state index in [2.05, 4.69) is 16.6 Å². The van der Waals surface area contributed by atoms with Crippen molar-refractivity contribution in [2.75, 3.05) is 26.7 Å². The van der Waals surface area contributed by atoms with E-state index < -0.39 is 56.6 Å². The van der Waals surface area contributed by atoms with Crippen molar-refractivity contribution in [2.24, 2.45) is 17.3 Å². The Bertz CT molecular complexity index is 2180. The van der Waals surface area contributed by atoms with Crippen LogP contribution in [0.3, 0.4) is 0 Å². The standard InChI is InChI=1S/C44H55N5O8S/c1-6-30-26-44(30,42(53)47-58(54,55)33-16-17-33)46-40(51)37-23-32(27-49(37)41(52)29(25-43(2,3)4)21-39(50)48-19-11-8-12-20-48)57-38-24-35(28-13-9-7-10-14-28)45-36-22-31(56-5)15-18-34(36)38/h6-7,9-10,13-15,18,22,24,29-30,32-33,37H,1,8,11-12,16-17,19-21,23,25-27H2,2-5H3,(H,46,51)(H,47,53)/t29-,30+,32+,37-,44+/m0/s1. The van der Waals surface area contributed by atoms with Gasteiger partial charge in [-0.2, -0.15) is 0 Å². The minimum Gasteiger partial charge on any atom is -0.497 e. The van der Waals surface area contributed by atoms with Crippen LogP contribution in [0.25, 0.3) is 22.2 Å². The van der Waals surface area contributed by atoms with Gasteiger partial charge in [0.1, 0.15) is 29.2 Å². The van der Waals surface area contributed by atoms with Crippen molar-refractivity contribution >= 4 is 44.6 Å². The number of likely N-dealkylation sites (tertiary alicyclic amines) is 2. The van der Waals surface area contributed by atoms with E-state index in [1.165, 1.54) is 11.0 Å². The first-order chi connectivity index (χ1) is 27.6. The minimum absolute atomic E-state index is 0.00757. The molecule has 4 amide bonds. The lowest BCUT2D eigenvalue weighted by molar-refractivity contribution is -0.146. The Kier molecular flexibility index (Phi) is 11.6. The van der Waals surface area contributed by atoms with Gasteiger partial charge >= 0.3 is 0 Å². The number of nitrogens with zero attached hydrogens (tertiary/aromatic N) is 3. The fraction of sp³-hybridized carbons (Fsp3) is 0.523. The number of carbonyl (C=O) groups is 4. The lowest BCUT2D eigenvalue weighted by Crippen LogP contribution is -2.57. The van der Waals surface area contributed by atoms with Crippen LogP contribution in [0.4, 0.5) is 0 Å². The molecule has 4 aliphatic rings. The highest BCUT2D eigenvalue weighted by Gasteiger charge is 2.62. The number of pyridine rings is 1. The van der Waals surface area contributed by atoms with E-state index in [1.807, 2.05) is 80.3 Å². The average molecular weight is 814 g/mol. The van der Waals surface area contributed by atoms with Crippen LogP contribution < -0.4 is 19.5 Å². The van der Waals surface area contributed by atoms with Gasteiger partial charge in [-0.1, -0.05) is 57.2 Å². The molecule has 14 heteroatoms. The van der Waals surface area contributed by atoms with Gasteiger partial charge in [-0.15, -0.1) is 6.58 Å². The average Bonchev–Trinajstić information content (AvgIpc) is 4.14. The first-order valence-electron chi connectivity index (χ1n) is 20.4. The van der Waals surface area contributed by atoms with E-state index >= 15 is 0 Å². The van der Waals surface area contributed by atoms with Crippen molar-refractivity contribution < 1.29 is 37.1 Å². The number of carbonyl (C=O) groups excluding carboxylic acids is 4. The van der Waals surface area contributed by atoms with Crippen molar-refractivity contribution in [3.8, 4) is 22.8 Å². The fourth-order valence-corrected chi connectivity index (χ4v) is 9.80. The summed E-state index contributed by atoms with van der Waals surface area (Å²) in [5.74, 6) is -1.93. The monoisotopic (exact) mass is 813 g/mol. The number of nitrogens with one attached hydrogen (secondary N) is 2. The third-order valence-electron chi connectivity index (χ3n) is 11.8. The third-order valence-corrected chi connectivity index (χ3v) is 13.6. The zero-order valence-corrected chi connectivity index (χ0v) is 34.7. The molecule has 0 spiro atoms. The number of rotatable bonds is 14. The van der Waals surface area contributed by atoms with Crippen molar-refractivity contribution in [1.29, 1.82) is 0 Å². The summed E-state index contributed by atoms with van der Waals surface area (Å²) >= 11 is 0. The van der Waals surface area contributed by atoms with E-state index in [-0.39, 0.29) is 43.0 Å². The Morgan fingerprint density at radius 1 is 1.03 bits per heavy atom. The fourth-order valence-electron chi connectivity index (χ4n) is 8.43. The van der Waals surface area contributed by atoms with Crippen LogP contribution in [-0.2, 0) is 29.2 Å². The molecule has 3 heterocycles. The molecular weight excluding hydrogens is 759 g/mol. The second-order valence-electron chi connectivity index (χ2n) is 17.5. The molecule has 2 aliphatic heterocycles. The Morgan fingerprint density at radius 3 is 2.40 bits per heavy atom. The van der Waals surface area contributed by atoms with Gasteiger partial charge in [-0.3, -0.25) is 23.9 Å². The smallest absolute Gasteiger partial charge is 0.259 e. The van der Waals surface area contributed by atoms with Gasteiger partial charge in [0.25, 0.3) is 5.91 Å². The Morgan fingerprint density at radius 2 is 1.76 bits per heavy atom. The maximum absolute atomic E-state index is 14.9. The van der Waals surface area contributed by atoms with Gasteiger partial charge in [0.2, 0.25) is 27.7 Å². The van der Waals surface area contributed by atoms with E-state index in [0.29, 0.717) is 60.4 Å². The second-order valence-corrected chi connectivity index (χ2v) is 19.5. The summed E-state index contributed by atoms with van der Waals surface area (Å²) in [4.78, 5) is 65.1. The maximum atomic E-state index is 14.9. The maximum Gasteiger partial charge on any atom is 0.259 e. The highest BCUT2D eigenvalue weighted by atomic mass is 32.2. The summed E-state index contributed by atoms with van der Waals surface area (Å²) in [5.41, 5.74) is 0.316. The van der Waals surface area contributed by atoms with E-state index in [1.54, 1.807) is 7.11 Å². The van der Waals surface area contributed by atoms with Gasteiger partial charge in [-0.25, -0.2) is 13.4 Å². The van der Waals surface area contributed by atoms with E-state index in [4.69, 9.17) is 14.5 Å². The topological polar surface area (TPSA) is 164 Å². The van der Waals surface area contributed by atoms with Crippen molar-refractivity contribution in [3.05, 3.63) is 67.3 Å². The predicted molar refractivity (Wildman–Crippen MR) is 220 cm³/mol. The molecule has 0 bridgehead atoms. The summed E-state index contributed by atoms with van der Waals surface area (Å²) in [6.07, 6.45) is 5.36. The van der Waals surface area contributed by atoms with Crippen LogP contribution in [0, 0.1) is 17.3 Å². The molecule has 7 rings (SSSR count). The number of amides is 4. The zero-order chi connectivity index (χ0) is 41.4. The molecule has 0 unspecified atom stereocenters. The first kappa shape index (κ1) is 41.2. The molecule has 2 saturated heterocycles. The molecule has 13 nitrogen and oxygen atoms in total. The molecule has 0 radical (unpaired) electrons. The molecule has 1 aromatic heterocycles. The third kappa shape index (κ3) is 9.01. The van der Waals surface area contributed by atoms with Gasteiger partial charge in [0, 0.05) is 60.8 Å². The number of piperidine rings is 1. The molecule has 3 aromatic rings. The molecule has 2 aliphatic carbocycles. The van der Waals surface area contributed by atoms with Gasteiger partial charge < -0.3 is 24.6 Å². The Labute approximate surface area is 341 Å². The molecule has 2 aromatic carbocycles. The van der Waals surface area contributed by atoms with Crippen molar-refractivity contribution in [2.45, 2.75) is 101 Å². The molecule has 5 atom stereocenters. The van der Waals surface area contributed by atoms with Crippen molar-refractivity contribution in [1.82, 2.24) is 24.8 Å². The van der Waals surface area contributed by atoms with E-state index in [9.17, 15) is 27.6 Å². The number of fused-ring (bicyclic) bond motifs is 1. The molecule has 2 N–H and O–H groups in total. The SMILES string of the molecule is C=C[C@@H]1C[C@]1(NC(=O)[C@@H]1C[C@@H](Oc2cc(-c3ccccc3)nc3cc(OC)ccc23)CN1C(=O)[C@@H](CC(=O)N1CCCCC1)CC(C)(C)C)C(=O)NS(=O)(=O)C1CC1. The van der Waals surface area contributed by atoms with Gasteiger partial charge in [-0.05, 0) is 62.5 Å². The van der Waals surface area contributed by atoms with Gasteiger partial charge in [0.15, 0.2) is 0 Å². The Hall–Kier alpha value is -4.98. The van der Waals surface area contributed by atoms with Gasteiger partial charge in [0.05, 0.1) is 30.1 Å². The highest BCUT2D eigenvalue weighted by Crippen LogP contribution is 2.46. The van der Waals surface area contributed by atoms with E-state index in [0.717, 1.165) is 24.8 Å². The highest BCUT2D eigenvalue weighted by molar-refractivity contribution is 7.91. The number of aromatic nitrogens is 1. The first-order valence-corrected chi connectivity index (χ1v) is 21.9. The van der Waals surface area contributed by atoms with Crippen LogP contribution >= 0.6 is 0 Å². The molecular formula is C44H55N5O8S. The zero-order valence-electron chi connectivity index (χ0n) is 33.9. The number of hydrogen-bond donors (Lipinski definition) is 2. The predicted octanol–water partition coefficient (Wildman–Crippen LogP) is 5.38. The number of benzene rings is 2. The molecule has 2 saturated carbocycles. The quantitative estimate of drug-likeness (QED) is 0.204. The molecule has 310 valence electrons. The summed E-state index contributed by atoms with van der Waals surface area (Å²) in [6.45, 7) is 11.2. The largest absolute Gasteiger partial charge is 0.497 e. The molecule has 4 fully saturated rings. The summed E-state index contributed by atoms with van der Waals surface area (Å²) in [5, 5.41) is 2.96. The lowest BCUT2D eigenvalue weighted by atomic mass is 9.82. The summed E-state index contributed by atoms with van der Waals surface area (Å²) in [7, 11) is -2.31.